The van der Waals surface area contributed by atoms with Gasteiger partial charge in [0.15, 0.2) is 0 Å². The van der Waals surface area contributed by atoms with E-state index in [-0.39, 0.29) is 11.9 Å². The molecule has 2 unspecified atom stereocenters. The zero-order valence-electron chi connectivity index (χ0n) is 10.8. The molecule has 0 radical (unpaired) electrons. The smallest absolute Gasteiger partial charge is 0.224 e. The molecule has 0 bridgehead atoms. The molecule has 1 saturated heterocycles. The van der Waals surface area contributed by atoms with Crippen LogP contribution in [0.1, 0.15) is 24.9 Å². The van der Waals surface area contributed by atoms with E-state index >= 15 is 0 Å². The van der Waals surface area contributed by atoms with Gasteiger partial charge < -0.3 is 16.4 Å². The maximum absolute atomic E-state index is 11.4. The predicted octanol–water partition coefficient (Wildman–Crippen LogP) is 0.884. The highest BCUT2D eigenvalue weighted by Gasteiger charge is 2.38. The fourth-order valence-electron chi connectivity index (χ4n) is 2.50. The second-order valence-corrected chi connectivity index (χ2v) is 5.43. The highest BCUT2D eigenvalue weighted by molar-refractivity contribution is 5.81. The highest BCUT2D eigenvalue weighted by atomic mass is 16.1. The summed E-state index contributed by atoms with van der Waals surface area (Å²) in [6.07, 6.45) is 0.823. The van der Waals surface area contributed by atoms with E-state index in [2.05, 4.69) is 4.90 Å². The number of likely N-dealkylation sites (tertiary alicyclic amines) is 1. The molecule has 2 atom stereocenters. The molecule has 4 N–H and O–H groups in total. The molecule has 1 aliphatic heterocycles. The molecule has 4 heteroatoms. The number of nitrogens with zero attached hydrogens (tertiary/aromatic N) is 1. The van der Waals surface area contributed by atoms with Crippen molar-refractivity contribution in [2.75, 3.05) is 19.6 Å². The number of carbonyl (C=O) groups is 1. The van der Waals surface area contributed by atoms with E-state index in [1.54, 1.807) is 0 Å². The van der Waals surface area contributed by atoms with Crippen molar-refractivity contribution in [3.8, 4) is 0 Å². The van der Waals surface area contributed by atoms with E-state index in [0.29, 0.717) is 6.54 Å². The van der Waals surface area contributed by atoms with Crippen molar-refractivity contribution in [3.63, 3.8) is 0 Å². The summed E-state index contributed by atoms with van der Waals surface area (Å²) in [5.74, 6) is -0.210. The van der Waals surface area contributed by atoms with E-state index in [1.807, 2.05) is 37.3 Å². The Kier molecular flexibility index (Phi) is 3.68. The van der Waals surface area contributed by atoms with Crippen molar-refractivity contribution in [1.82, 2.24) is 4.90 Å². The molecule has 98 valence electrons. The van der Waals surface area contributed by atoms with Crippen LogP contribution in [0.5, 0.6) is 0 Å². The van der Waals surface area contributed by atoms with Crippen LogP contribution >= 0.6 is 0 Å². The SMILES string of the molecule is CC1(C(N)=O)CCN(CC(N)c2ccccc2)C1. The maximum atomic E-state index is 11.4. The zero-order chi connectivity index (χ0) is 13.2. The summed E-state index contributed by atoms with van der Waals surface area (Å²) in [5.41, 5.74) is 12.4. The van der Waals surface area contributed by atoms with Crippen LogP contribution in [0.25, 0.3) is 0 Å². The summed E-state index contributed by atoms with van der Waals surface area (Å²) in [5, 5.41) is 0. The quantitative estimate of drug-likeness (QED) is 0.829. The number of hydrogen-bond acceptors (Lipinski definition) is 3. The van der Waals surface area contributed by atoms with E-state index in [4.69, 9.17) is 11.5 Å². The summed E-state index contributed by atoms with van der Waals surface area (Å²) in [7, 11) is 0. The van der Waals surface area contributed by atoms with Crippen molar-refractivity contribution in [2.24, 2.45) is 16.9 Å². The van der Waals surface area contributed by atoms with Crippen LogP contribution in [0.15, 0.2) is 30.3 Å². The van der Waals surface area contributed by atoms with Gasteiger partial charge in [0.05, 0.1) is 5.41 Å². The van der Waals surface area contributed by atoms with Gasteiger partial charge in [0, 0.05) is 19.1 Å². The minimum Gasteiger partial charge on any atom is -0.369 e. The Labute approximate surface area is 108 Å². The Morgan fingerprint density at radius 3 is 2.67 bits per heavy atom. The summed E-state index contributed by atoms with van der Waals surface area (Å²) in [6.45, 7) is 4.30. The van der Waals surface area contributed by atoms with Crippen molar-refractivity contribution in [2.45, 2.75) is 19.4 Å². The first kappa shape index (κ1) is 13.1. The molecule has 0 aromatic heterocycles. The first-order valence-electron chi connectivity index (χ1n) is 6.34. The molecule has 1 fully saturated rings. The van der Waals surface area contributed by atoms with Crippen molar-refractivity contribution in [3.05, 3.63) is 35.9 Å². The number of amides is 1. The lowest BCUT2D eigenvalue weighted by atomic mass is 9.89. The molecular formula is C14H21N3O. The number of carbonyl (C=O) groups excluding carboxylic acids is 1. The third-order valence-corrected chi connectivity index (χ3v) is 3.83. The van der Waals surface area contributed by atoms with Crippen LogP contribution in [0.2, 0.25) is 0 Å². The fourth-order valence-corrected chi connectivity index (χ4v) is 2.50. The maximum Gasteiger partial charge on any atom is 0.224 e. The Bertz CT molecular complexity index is 420. The number of hydrogen-bond donors (Lipinski definition) is 2. The summed E-state index contributed by atoms with van der Waals surface area (Å²) < 4.78 is 0. The molecule has 0 spiro atoms. The van der Waals surface area contributed by atoms with Crippen molar-refractivity contribution < 1.29 is 4.79 Å². The molecule has 1 heterocycles. The number of benzene rings is 1. The molecule has 0 saturated carbocycles. The number of nitrogens with two attached hydrogens (primary N) is 2. The molecule has 1 aromatic carbocycles. The molecule has 1 aromatic rings. The fraction of sp³-hybridized carbons (Fsp3) is 0.500. The number of rotatable bonds is 4. The van der Waals surface area contributed by atoms with Crippen LogP contribution < -0.4 is 11.5 Å². The average Bonchev–Trinajstić information content (AvgIpc) is 2.73. The van der Waals surface area contributed by atoms with Crippen molar-refractivity contribution >= 4 is 5.91 Å². The van der Waals surface area contributed by atoms with Crippen LogP contribution in [0.4, 0.5) is 0 Å². The van der Waals surface area contributed by atoms with Gasteiger partial charge in [-0.05, 0) is 25.5 Å². The highest BCUT2D eigenvalue weighted by Crippen LogP contribution is 2.30. The Morgan fingerprint density at radius 1 is 1.44 bits per heavy atom. The standard InChI is InChI=1S/C14H21N3O/c1-14(13(16)18)7-8-17(10-14)9-12(15)11-5-3-2-4-6-11/h2-6,12H,7-10,15H2,1H3,(H2,16,18). The van der Waals surface area contributed by atoms with Crippen LogP contribution in [-0.2, 0) is 4.79 Å². The van der Waals surface area contributed by atoms with E-state index in [9.17, 15) is 4.79 Å². The Morgan fingerprint density at radius 2 is 2.11 bits per heavy atom. The summed E-state index contributed by atoms with van der Waals surface area (Å²) in [4.78, 5) is 13.6. The first-order valence-corrected chi connectivity index (χ1v) is 6.34. The topological polar surface area (TPSA) is 72.4 Å². The Hall–Kier alpha value is -1.39. The van der Waals surface area contributed by atoms with Gasteiger partial charge in [-0.25, -0.2) is 0 Å². The lowest BCUT2D eigenvalue weighted by molar-refractivity contribution is -0.126. The largest absolute Gasteiger partial charge is 0.369 e. The molecule has 18 heavy (non-hydrogen) atoms. The van der Waals surface area contributed by atoms with Gasteiger partial charge in [-0.15, -0.1) is 0 Å². The van der Waals surface area contributed by atoms with Gasteiger partial charge in [-0.3, -0.25) is 4.79 Å². The minimum atomic E-state index is -0.392. The average molecular weight is 247 g/mol. The van der Waals surface area contributed by atoms with Crippen LogP contribution in [0, 0.1) is 5.41 Å². The van der Waals surface area contributed by atoms with Gasteiger partial charge in [0.25, 0.3) is 0 Å². The van der Waals surface area contributed by atoms with E-state index < -0.39 is 5.41 Å². The lowest BCUT2D eigenvalue weighted by Crippen LogP contribution is -2.38. The molecule has 2 rings (SSSR count). The van der Waals surface area contributed by atoms with E-state index in [0.717, 1.165) is 25.1 Å². The second-order valence-electron chi connectivity index (χ2n) is 5.43. The second kappa shape index (κ2) is 5.08. The van der Waals surface area contributed by atoms with E-state index in [1.165, 1.54) is 0 Å². The molecule has 0 aliphatic carbocycles. The number of primary amides is 1. The van der Waals surface area contributed by atoms with Gasteiger partial charge in [0.1, 0.15) is 0 Å². The Balaban J connectivity index is 1.94. The zero-order valence-corrected chi connectivity index (χ0v) is 10.8. The molecule has 4 nitrogen and oxygen atoms in total. The third-order valence-electron chi connectivity index (χ3n) is 3.83. The predicted molar refractivity (Wildman–Crippen MR) is 71.7 cm³/mol. The van der Waals surface area contributed by atoms with Crippen molar-refractivity contribution in [1.29, 1.82) is 0 Å². The first-order chi connectivity index (χ1) is 8.51. The third kappa shape index (κ3) is 2.71. The van der Waals surface area contributed by atoms with Crippen LogP contribution in [-0.4, -0.2) is 30.4 Å². The summed E-state index contributed by atoms with van der Waals surface area (Å²) >= 11 is 0. The normalized spacial score (nSPS) is 26.1. The molecular weight excluding hydrogens is 226 g/mol. The summed E-state index contributed by atoms with van der Waals surface area (Å²) in [6, 6.07) is 10.0. The minimum absolute atomic E-state index is 0.0126. The molecule has 1 amide bonds. The molecule has 1 aliphatic rings. The van der Waals surface area contributed by atoms with Crippen LogP contribution in [0.3, 0.4) is 0 Å². The lowest BCUT2D eigenvalue weighted by Gasteiger charge is -2.23. The monoisotopic (exact) mass is 247 g/mol. The van der Waals surface area contributed by atoms with Gasteiger partial charge >= 0.3 is 0 Å². The van der Waals surface area contributed by atoms with Gasteiger partial charge in [-0.2, -0.15) is 0 Å². The van der Waals surface area contributed by atoms with Gasteiger partial charge in [0.2, 0.25) is 5.91 Å². The van der Waals surface area contributed by atoms with Gasteiger partial charge in [-0.1, -0.05) is 30.3 Å².